The molecule has 0 saturated carbocycles. The number of aliphatic hydroxyl groups is 1. The van der Waals surface area contributed by atoms with Gasteiger partial charge in [0.25, 0.3) is 0 Å². The zero-order valence-corrected chi connectivity index (χ0v) is 13.0. The minimum Gasteiger partial charge on any atom is -0.444 e. The molecule has 1 unspecified atom stereocenters. The topological polar surface area (TPSA) is 58.6 Å². The third-order valence-electron chi connectivity index (χ3n) is 2.49. The van der Waals surface area contributed by atoms with Crippen LogP contribution in [-0.4, -0.2) is 29.1 Å². The highest BCUT2D eigenvalue weighted by atomic mass is 35.5. The van der Waals surface area contributed by atoms with Gasteiger partial charge in [-0.05, 0) is 44.5 Å². The molecule has 124 valence electrons. The van der Waals surface area contributed by atoms with Gasteiger partial charge in [0.1, 0.15) is 5.60 Å². The summed E-state index contributed by atoms with van der Waals surface area (Å²) in [7, 11) is 0. The standard InChI is InChI=1S/C14H17ClF3NO3/c1-13(2,3)22-12(21)19-10-5-4-9(15)6-8(10)7-11(20)14(16,17)18/h4-6,11,20H,7H2,1-3H3,(H,19,21). The molecule has 22 heavy (non-hydrogen) atoms. The summed E-state index contributed by atoms with van der Waals surface area (Å²) >= 11 is 5.75. The molecule has 0 aliphatic carbocycles. The molecule has 1 aromatic rings. The van der Waals surface area contributed by atoms with Crippen LogP contribution in [0, 0.1) is 0 Å². The summed E-state index contributed by atoms with van der Waals surface area (Å²) in [4.78, 5) is 11.7. The number of hydrogen-bond donors (Lipinski definition) is 2. The van der Waals surface area contributed by atoms with Crippen molar-refractivity contribution in [2.75, 3.05) is 5.32 Å². The predicted molar refractivity (Wildman–Crippen MR) is 77.1 cm³/mol. The molecule has 0 heterocycles. The predicted octanol–water partition coefficient (Wildman–Crippen LogP) is 4.15. The molecule has 0 aliphatic rings. The van der Waals surface area contributed by atoms with E-state index in [9.17, 15) is 18.0 Å². The van der Waals surface area contributed by atoms with E-state index in [4.69, 9.17) is 21.4 Å². The van der Waals surface area contributed by atoms with E-state index in [1.165, 1.54) is 18.2 Å². The van der Waals surface area contributed by atoms with Crippen LogP contribution in [0.15, 0.2) is 18.2 Å². The van der Waals surface area contributed by atoms with Gasteiger partial charge in [0, 0.05) is 17.1 Å². The number of alkyl halides is 3. The van der Waals surface area contributed by atoms with Crippen molar-refractivity contribution in [1.82, 2.24) is 0 Å². The lowest BCUT2D eigenvalue weighted by Gasteiger charge is -2.21. The monoisotopic (exact) mass is 339 g/mol. The highest BCUT2D eigenvalue weighted by Gasteiger charge is 2.38. The molecule has 1 rings (SSSR count). The van der Waals surface area contributed by atoms with Crippen LogP contribution in [0.3, 0.4) is 0 Å². The Morgan fingerprint density at radius 3 is 2.45 bits per heavy atom. The number of nitrogens with one attached hydrogen (secondary N) is 1. The number of amides is 1. The van der Waals surface area contributed by atoms with Crippen molar-refractivity contribution in [3.63, 3.8) is 0 Å². The zero-order valence-electron chi connectivity index (χ0n) is 12.3. The van der Waals surface area contributed by atoms with Crippen molar-refractivity contribution in [3.05, 3.63) is 28.8 Å². The summed E-state index contributed by atoms with van der Waals surface area (Å²) in [5.41, 5.74) is -0.590. The van der Waals surface area contributed by atoms with Crippen LogP contribution < -0.4 is 5.32 Å². The second kappa shape index (κ2) is 6.75. The van der Waals surface area contributed by atoms with Crippen molar-refractivity contribution >= 4 is 23.4 Å². The van der Waals surface area contributed by atoms with Gasteiger partial charge in [-0.2, -0.15) is 13.2 Å². The largest absolute Gasteiger partial charge is 0.444 e. The Labute approximate surface area is 131 Å². The zero-order chi connectivity index (χ0) is 17.1. The van der Waals surface area contributed by atoms with Gasteiger partial charge in [-0.1, -0.05) is 11.6 Å². The van der Waals surface area contributed by atoms with Crippen LogP contribution in [-0.2, 0) is 11.2 Å². The highest BCUT2D eigenvalue weighted by molar-refractivity contribution is 6.30. The maximum atomic E-state index is 12.5. The normalized spacial score (nSPS) is 13.6. The molecular formula is C14H17ClF3NO3. The van der Waals surface area contributed by atoms with Gasteiger partial charge in [-0.15, -0.1) is 0 Å². The Morgan fingerprint density at radius 2 is 1.95 bits per heavy atom. The van der Waals surface area contributed by atoms with Gasteiger partial charge >= 0.3 is 12.3 Å². The Bertz CT molecular complexity index is 541. The van der Waals surface area contributed by atoms with Gasteiger partial charge in [0.05, 0.1) is 0 Å². The Kier molecular flexibility index (Phi) is 5.70. The molecule has 0 aromatic heterocycles. The smallest absolute Gasteiger partial charge is 0.414 e. The molecule has 1 atom stereocenters. The molecule has 2 N–H and O–H groups in total. The van der Waals surface area contributed by atoms with Gasteiger partial charge in [0.2, 0.25) is 0 Å². The SMILES string of the molecule is CC(C)(C)OC(=O)Nc1ccc(Cl)cc1CC(O)C(F)(F)F. The van der Waals surface area contributed by atoms with Gasteiger partial charge in [0.15, 0.2) is 6.10 Å². The molecule has 0 spiro atoms. The van der Waals surface area contributed by atoms with Crippen LogP contribution in [0.2, 0.25) is 5.02 Å². The number of carbonyl (C=O) groups excluding carboxylic acids is 1. The second-order valence-electron chi connectivity index (χ2n) is 5.69. The molecular weight excluding hydrogens is 323 g/mol. The third kappa shape index (κ3) is 6.11. The maximum Gasteiger partial charge on any atom is 0.414 e. The van der Waals surface area contributed by atoms with Crippen LogP contribution >= 0.6 is 11.6 Å². The summed E-state index contributed by atoms with van der Waals surface area (Å²) in [6.45, 7) is 4.97. The van der Waals surface area contributed by atoms with Gasteiger partial charge in [-0.3, -0.25) is 5.32 Å². The van der Waals surface area contributed by atoms with Crippen LogP contribution in [0.5, 0.6) is 0 Å². The fraction of sp³-hybridized carbons (Fsp3) is 0.500. The highest BCUT2D eigenvalue weighted by Crippen LogP contribution is 2.28. The number of anilines is 1. The van der Waals surface area contributed by atoms with Crippen LogP contribution in [0.4, 0.5) is 23.7 Å². The maximum absolute atomic E-state index is 12.5. The summed E-state index contributed by atoms with van der Waals surface area (Å²) in [6.07, 6.45) is -8.84. The average molecular weight is 340 g/mol. The van der Waals surface area contributed by atoms with E-state index in [0.29, 0.717) is 0 Å². The first-order chi connectivity index (χ1) is 9.88. The van der Waals surface area contributed by atoms with E-state index in [1.54, 1.807) is 20.8 Å². The van der Waals surface area contributed by atoms with E-state index in [1.807, 2.05) is 0 Å². The lowest BCUT2D eigenvalue weighted by molar-refractivity contribution is -0.203. The molecule has 0 radical (unpaired) electrons. The number of benzene rings is 1. The molecule has 4 nitrogen and oxygen atoms in total. The number of carbonyl (C=O) groups is 1. The molecule has 0 fully saturated rings. The molecule has 0 saturated heterocycles. The quantitative estimate of drug-likeness (QED) is 0.869. The Morgan fingerprint density at radius 1 is 1.36 bits per heavy atom. The number of rotatable bonds is 3. The first kappa shape index (κ1) is 18.6. The fourth-order valence-electron chi connectivity index (χ4n) is 1.59. The third-order valence-corrected chi connectivity index (χ3v) is 2.73. The minimum atomic E-state index is -4.76. The van der Waals surface area contributed by atoms with Crippen LogP contribution in [0.1, 0.15) is 26.3 Å². The Balaban J connectivity index is 2.94. The summed E-state index contributed by atoms with van der Waals surface area (Å²) < 4.78 is 42.4. The summed E-state index contributed by atoms with van der Waals surface area (Å²) in [5.74, 6) is 0. The number of ether oxygens (including phenoxy) is 1. The van der Waals surface area contributed by atoms with E-state index >= 15 is 0 Å². The van der Waals surface area contributed by atoms with E-state index in [-0.39, 0.29) is 16.3 Å². The fourth-order valence-corrected chi connectivity index (χ4v) is 1.79. The average Bonchev–Trinajstić information content (AvgIpc) is 2.29. The summed E-state index contributed by atoms with van der Waals surface area (Å²) in [5, 5.41) is 11.7. The van der Waals surface area contributed by atoms with Crippen molar-refractivity contribution in [1.29, 1.82) is 0 Å². The van der Waals surface area contributed by atoms with E-state index in [0.717, 1.165) is 0 Å². The molecule has 0 bridgehead atoms. The second-order valence-corrected chi connectivity index (χ2v) is 6.13. The van der Waals surface area contributed by atoms with Gasteiger partial charge < -0.3 is 9.84 Å². The summed E-state index contributed by atoms with van der Waals surface area (Å²) in [6, 6.07) is 4.02. The molecule has 1 amide bonds. The Hall–Kier alpha value is -1.47. The first-order valence-corrected chi connectivity index (χ1v) is 6.79. The first-order valence-electron chi connectivity index (χ1n) is 6.42. The lowest BCUT2D eigenvalue weighted by Crippen LogP contribution is -2.31. The lowest BCUT2D eigenvalue weighted by atomic mass is 10.1. The van der Waals surface area contributed by atoms with Crippen molar-refractivity contribution < 1.29 is 27.8 Å². The number of aliphatic hydroxyl groups excluding tert-OH is 1. The molecule has 1 aromatic carbocycles. The number of hydrogen-bond acceptors (Lipinski definition) is 3. The van der Waals surface area contributed by atoms with E-state index in [2.05, 4.69) is 5.32 Å². The minimum absolute atomic E-state index is 0.0585. The number of halogens is 4. The van der Waals surface area contributed by atoms with Crippen LogP contribution in [0.25, 0.3) is 0 Å². The van der Waals surface area contributed by atoms with Crippen molar-refractivity contribution in [2.45, 2.75) is 45.1 Å². The molecule has 0 aliphatic heterocycles. The molecule has 8 heteroatoms. The van der Waals surface area contributed by atoms with Crippen molar-refractivity contribution in [2.24, 2.45) is 0 Å². The van der Waals surface area contributed by atoms with E-state index < -0.39 is 30.4 Å². The van der Waals surface area contributed by atoms with Gasteiger partial charge in [-0.25, -0.2) is 4.79 Å². The van der Waals surface area contributed by atoms with Crippen molar-refractivity contribution in [3.8, 4) is 0 Å².